The molecule has 0 aromatic heterocycles. The second-order valence-electron chi connectivity index (χ2n) is 4.58. The lowest BCUT2D eigenvalue weighted by atomic mass is 10.2. The van der Waals surface area contributed by atoms with E-state index in [1.165, 1.54) is 54.6 Å². The highest BCUT2D eigenvalue weighted by Gasteiger charge is 2.06. The molecule has 7 nitrogen and oxygen atoms in total. The van der Waals surface area contributed by atoms with Crippen LogP contribution in [0.2, 0.25) is 0 Å². The molecule has 0 aliphatic carbocycles. The number of non-ortho nitro benzene ring substituents is 1. The Balaban J connectivity index is 1.97. The second kappa shape index (κ2) is 7.63. The average molecular weight is 329 g/mol. The van der Waals surface area contributed by atoms with Crippen LogP contribution in [0.3, 0.4) is 0 Å². The SMILES string of the molecule is N/C(=N\OC(=O)/C=C/c1ccc(F)cc1)c1ccc([N+](=O)[O-])cc1. The third-order valence-corrected chi connectivity index (χ3v) is 2.89. The summed E-state index contributed by atoms with van der Waals surface area (Å²) >= 11 is 0. The predicted molar refractivity (Wildman–Crippen MR) is 85.3 cm³/mol. The van der Waals surface area contributed by atoms with Crippen LogP contribution >= 0.6 is 0 Å². The summed E-state index contributed by atoms with van der Waals surface area (Å²) in [7, 11) is 0. The topological polar surface area (TPSA) is 108 Å². The van der Waals surface area contributed by atoms with Gasteiger partial charge in [-0.2, -0.15) is 0 Å². The Morgan fingerprint density at radius 1 is 1.17 bits per heavy atom. The van der Waals surface area contributed by atoms with Crippen molar-refractivity contribution in [3.8, 4) is 0 Å². The van der Waals surface area contributed by atoms with E-state index in [9.17, 15) is 19.3 Å². The van der Waals surface area contributed by atoms with Crippen molar-refractivity contribution in [2.45, 2.75) is 0 Å². The van der Waals surface area contributed by atoms with Crippen LogP contribution in [0.15, 0.2) is 59.8 Å². The van der Waals surface area contributed by atoms with Crippen molar-refractivity contribution in [1.82, 2.24) is 0 Å². The van der Waals surface area contributed by atoms with Gasteiger partial charge in [-0.3, -0.25) is 10.1 Å². The van der Waals surface area contributed by atoms with Gasteiger partial charge in [0.15, 0.2) is 5.84 Å². The summed E-state index contributed by atoms with van der Waals surface area (Å²) in [4.78, 5) is 26.1. The van der Waals surface area contributed by atoms with Gasteiger partial charge < -0.3 is 10.6 Å². The fourth-order valence-electron chi connectivity index (χ4n) is 1.67. The van der Waals surface area contributed by atoms with Gasteiger partial charge in [-0.05, 0) is 35.9 Å². The average Bonchev–Trinajstić information content (AvgIpc) is 2.59. The molecule has 0 spiro atoms. The smallest absolute Gasteiger partial charge is 0.358 e. The van der Waals surface area contributed by atoms with Gasteiger partial charge >= 0.3 is 5.97 Å². The molecule has 2 aromatic rings. The summed E-state index contributed by atoms with van der Waals surface area (Å²) < 4.78 is 12.7. The van der Waals surface area contributed by atoms with Gasteiger partial charge in [-0.1, -0.05) is 17.3 Å². The highest BCUT2D eigenvalue weighted by atomic mass is 19.1. The highest BCUT2D eigenvalue weighted by molar-refractivity contribution is 5.98. The Labute approximate surface area is 136 Å². The Kier molecular flexibility index (Phi) is 5.35. The van der Waals surface area contributed by atoms with E-state index < -0.39 is 10.9 Å². The molecule has 0 fully saturated rings. The molecule has 0 aliphatic heterocycles. The molecule has 2 N–H and O–H groups in total. The standard InChI is InChI=1S/C16H12FN3O4/c17-13-6-1-11(2-7-13)3-10-15(21)24-19-16(18)12-4-8-14(9-5-12)20(22)23/h1-10H,(H2,18,19)/b10-3+. The molecule has 0 unspecified atom stereocenters. The molecule has 0 heterocycles. The number of nitro groups is 1. The zero-order valence-electron chi connectivity index (χ0n) is 12.3. The second-order valence-corrected chi connectivity index (χ2v) is 4.58. The Hall–Kier alpha value is -3.55. The molecule has 2 aromatic carbocycles. The van der Waals surface area contributed by atoms with E-state index in [4.69, 9.17) is 5.73 Å². The van der Waals surface area contributed by atoms with Crippen LogP contribution in [0, 0.1) is 15.9 Å². The van der Waals surface area contributed by atoms with E-state index in [1.807, 2.05) is 0 Å². The fraction of sp³-hybridized carbons (Fsp3) is 0. The van der Waals surface area contributed by atoms with Crippen LogP contribution in [0.25, 0.3) is 6.08 Å². The van der Waals surface area contributed by atoms with Crippen molar-refractivity contribution >= 4 is 23.6 Å². The normalized spacial score (nSPS) is 11.5. The van der Waals surface area contributed by atoms with Crippen LogP contribution in [-0.2, 0) is 9.63 Å². The first-order valence-corrected chi connectivity index (χ1v) is 6.68. The van der Waals surface area contributed by atoms with Crippen molar-refractivity contribution in [2.24, 2.45) is 10.9 Å². The Morgan fingerprint density at radius 3 is 2.38 bits per heavy atom. The van der Waals surface area contributed by atoms with Gasteiger partial charge in [0.1, 0.15) is 5.82 Å². The number of oxime groups is 1. The fourth-order valence-corrected chi connectivity index (χ4v) is 1.67. The van der Waals surface area contributed by atoms with Crippen molar-refractivity contribution in [3.05, 3.63) is 81.7 Å². The Morgan fingerprint density at radius 2 is 1.79 bits per heavy atom. The molecule has 0 radical (unpaired) electrons. The molecule has 122 valence electrons. The monoisotopic (exact) mass is 329 g/mol. The summed E-state index contributed by atoms with van der Waals surface area (Å²) in [5.74, 6) is -1.26. The number of benzene rings is 2. The van der Waals surface area contributed by atoms with Crippen LogP contribution in [0.4, 0.5) is 10.1 Å². The van der Waals surface area contributed by atoms with Gasteiger partial charge in [-0.25, -0.2) is 9.18 Å². The minimum absolute atomic E-state index is 0.0919. The van der Waals surface area contributed by atoms with Crippen LogP contribution in [-0.4, -0.2) is 16.7 Å². The maximum Gasteiger partial charge on any atom is 0.358 e. The van der Waals surface area contributed by atoms with Crippen molar-refractivity contribution < 1.29 is 18.9 Å². The van der Waals surface area contributed by atoms with E-state index >= 15 is 0 Å². The summed E-state index contributed by atoms with van der Waals surface area (Å²) in [6.07, 6.45) is 2.54. The van der Waals surface area contributed by atoms with Crippen molar-refractivity contribution in [2.75, 3.05) is 0 Å². The highest BCUT2D eigenvalue weighted by Crippen LogP contribution is 2.11. The number of nitrogens with zero attached hydrogens (tertiary/aromatic N) is 2. The first kappa shape index (κ1) is 16.8. The molecule has 0 atom stereocenters. The first-order chi connectivity index (χ1) is 11.5. The maximum atomic E-state index is 12.7. The molecule has 0 amide bonds. The lowest BCUT2D eigenvalue weighted by Gasteiger charge is -1.99. The number of nitrogens with two attached hydrogens (primary N) is 1. The van der Waals surface area contributed by atoms with Gasteiger partial charge in [-0.15, -0.1) is 0 Å². The molecular formula is C16H12FN3O4. The van der Waals surface area contributed by atoms with Crippen molar-refractivity contribution in [1.29, 1.82) is 0 Å². The predicted octanol–water partition coefficient (Wildman–Crippen LogP) is 2.61. The van der Waals surface area contributed by atoms with Gasteiger partial charge in [0, 0.05) is 23.8 Å². The molecule has 0 saturated carbocycles. The lowest BCUT2D eigenvalue weighted by molar-refractivity contribution is -0.384. The number of amidine groups is 1. The van der Waals surface area contributed by atoms with E-state index in [-0.39, 0.29) is 17.3 Å². The minimum Gasteiger partial charge on any atom is -0.380 e. The number of rotatable bonds is 5. The first-order valence-electron chi connectivity index (χ1n) is 6.68. The summed E-state index contributed by atoms with van der Waals surface area (Å²) in [6, 6.07) is 10.8. The van der Waals surface area contributed by atoms with E-state index in [0.717, 1.165) is 6.08 Å². The third-order valence-electron chi connectivity index (χ3n) is 2.89. The van der Waals surface area contributed by atoms with E-state index in [0.29, 0.717) is 11.1 Å². The summed E-state index contributed by atoms with van der Waals surface area (Å²) in [5, 5.41) is 14.0. The zero-order chi connectivity index (χ0) is 17.5. The number of halogens is 1. The molecule has 2 rings (SSSR count). The van der Waals surface area contributed by atoms with Crippen LogP contribution in [0.1, 0.15) is 11.1 Å². The summed E-state index contributed by atoms with van der Waals surface area (Å²) in [6.45, 7) is 0. The van der Waals surface area contributed by atoms with Gasteiger partial charge in [0.05, 0.1) is 4.92 Å². The lowest BCUT2D eigenvalue weighted by Crippen LogP contribution is -2.14. The van der Waals surface area contributed by atoms with E-state index in [1.54, 1.807) is 0 Å². The number of carbonyl (C=O) groups excluding carboxylic acids is 1. The number of hydrogen-bond donors (Lipinski definition) is 1. The maximum absolute atomic E-state index is 12.7. The zero-order valence-corrected chi connectivity index (χ0v) is 12.3. The van der Waals surface area contributed by atoms with Gasteiger partial charge in [0.25, 0.3) is 5.69 Å². The molecule has 24 heavy (non-hydrogen) atoms. The molecule has 0 saturated heterocycles. The molecule has 0 bridgehead atoms. The van der Waals surface area contributed by atoms with Crippen molar-refractivity contribution in [3.63, 3.8) is 0 Å². The Bertz CT molecular complexity index is 799. The van der Waals surface area contributed by atoms with E-state index in [2.05, 4.69) is 9.99 Å². The molecule has 0 aliphatic rings. The largest absolute Gasteiger partial charge is 0.380 e. The number of hydrogen-bond acceptors (Lipinski definition) is 5. The summed E-state index contributed by atoms with van der Waals surface area (Å²) in [5.41, 5.74) is 6.52. The molecule has 8 heteroatoms. The van der Waals surface area contributed by atoms with Crippen LogP contribution < -0.4 is 5.73 Å². The number of carbonyl (C=O) groups is 1. The number of nitro benzene ring substituents is 1. The van der Waals surface area contributed by atoms with Gasteiger partial charge in [0.2, 0.25) is 0 Å². The minimum atomic E-state index is -0.774. The third kappa shape index (κ3) is 4.73. The quantitative estimate of drug-likeness (QED) is 0.226. The molecular weight excluding hydrogens is 317 g/mol. The van der Waals surface area contributed by atoms with Crippen LogP contribution in [0.5, 0.6) is 0 Å².